The van der Waals surface area contributed by atoms with E-state index >= 15 is 0 Å². The zero-order valence-electron chi connectivity index (χ0n) is 21.3. The summed E-state index contributed by atoms with van der Waals surface area (Å²) in [5.74, 6) is 1.10. The number of hydrazine groups is 3. The van der Waals surface area contributed by atoms with Crippen molar-refractivity contribution >= 4 is 5.78 Å². The first kappa shape index (κ1) is 25.0. The molecule has 1 fully saturated rings. The Morgan fingerprint density at radius 2 is 1.59 bits per heavy atom. The topological polar surface area (TPSA) is 95.9 Å². The maximum Gasteiger partial charge on any atom is 0.217 e. The number of nitrogens with one attached hydrogen (secondary N) is 4. The lowest BCUT2D eigenvalue weighted by Gasteiger charge is -2.26. The Bertz CT molecular complexity index is 1340. The third kappa shape index (κ3) is 5.68. The number of carbonyl (C=O) groups excluding carboxylic acids is 1. The normalized spacial score (nSPS) is 14.6. The van der Waals surface area contributed by atoms with Crippen molar-refractivity contribution in [2.75, 3.05) is 0 Å². The zero-order chi connectivity index (χ0) is 25.7. The van der Waals surface area contributed by atoms with E-state index in [1.54, 1.807) is 0 Å². The van der Waals surface area contributed by atoms with E-state index in [0.29, 0.717) is 18.8 Å². The highest BCUT2D eigenvalue weighted by Crippen LogP contribution is 2.31. The monoisotopic (exact) mass is 495 g/mol. The summed E-state index contributed by atoms with van der Waals surface area (Å²) in [4.78, 5) is 17.6. The molecule has 37 heavy (non-hydrogen) atoms. The van der Waals surface area contributed by atoms with Gasteiger partial charge in [-0.2, -0.15) is 11.1 Å². The summed E-state index contributed by atoms with van der Waals surface area (Å²) >= 11 is 0. The Kier molecular flexibility index (Phi) is 7.52. The van der Waals surface area contributed by atoms with Crippen molar-refractivity contribution in [2.24, 2.45) is 0 Å². The lowest BCUT2D eigenvalue weighted by molar-refractivity contribution is 0.0982. The van der Waals surface area contributed by atoms with Crippen LogP contribution < -0.4 is 21.9 Å². The molecular weight excluding hydrogens is 462 g/mol. The van der Waals surface area contributed by atoms with Crippen LogP contribution in [0.3, 0.4) is 0 Å². The number of ketones is 1. The van der Waals surface area contributed by atoms with Crippen molar-refractivity contribution in [1.82, 2.24) is 36.7 Å². The number of Topliss-reactive ketones (excluding diaryl/α,β-unsaturated/α-hetero) is 1. The van der Waals surface area contributed by atoms with Gasteiger partial charge in [0.2, 0.25) is 11.6 Å². The highest BCUT2D eigenvalue weighted by Gasteiger charge is 2.32. The Balaban J connectivity index is 1.36. The van der Waals surface area contributed by atoms with E-state index < -0.39 is 5.66 Å². The summed E-state index contributed by atoms with van der Waals surface area (Å²) in [5.41, 5.74) is 17.3. The molecule has 0 unspecified atom stereocenters. The fourth-order valence-corrected chi connectivity index (χ4v) is 4.61. The van der Waals surface area contributed by atoms with Crippen LogP contribution in [-0.4, -0.2) is 20.5 Å². The standard InChI is InChI=1S/C29H33N7O/c1-3-4-14-27-30-28(26(37)19-21-10-6-5-7-11-21)31-36(27)20-22-15-17-23(18-16-22)24-12-8-9-13-25(24)29(2)32-34-35-33-29/h5-13,15-18,32-35H,3-4,14,19-20H2,1-2H3. The van der Waals surface area contributed by atoms with Gasteiger partial charge in [-0.05, 0) is 41.2 Å². The van der Waals surface area contributed by atoms with Crippen LogP contribution in [0.2, 0.25) is 0 Å². The van der Waals surface area contributed by atoms with Gasteiger partial charge in [-0.3, -0.25) is 4.79 Å². The van der Waals surface area contributed by atoms with Crippen molar-refractivity contribution in [3.8, 4) is 11.1 Å². The van der Waals surface area contributed by atoms with Crippen LogP contribution >= 0.6 is 0 Å². The molecule has 0 amide bonds. The van der Waals surface area contributed by atoms with Gasteiger partial charge in [-0.15, -0.1) is 5.10 Å². The van der Waals surface area contributed by atoms with Crippen LogP contribution in [-0.2, 0) is 25.0 Å². The molecule has 8 heteroatoms. The number of aromatic nitrogens is 3. The summed E-state index contributed by atoms with van der Waals surface area (Å²) in [5, 5.41) is 4.64. The summed E-state index contributed by atoms with van der Waals surface area (Å²) in [6.45, 7) is 4.80. The van der Waals surface area contributed by atoms with Gasteiger partial charge < -0.3 is 0 Å². The van der Waals surface area contributed by atoms with E-state index in [-0.39, 0.29) is 5.78 Å². The fraction of sp³-hybridized carbons (Fsp3) is 0.276. The van der Waals surface area contributed by atoms with Crippen LogP contribution in [0.5, 0.6) is 0 Å². The molecule has 0 bridgehead atoms. The van der Waals surface area contributed by atoms with Gasteiger partial charge in [0, 0.05) is 12.8 Å². The minimum Gasteiger partial charge on any atom is -0.290 e. The highest BCUT2D eigenvalue weighted by molar-refractivity contribution is 5.94. The maximum atomic E-state index is 12.9. The number of carbonyl (C=O) groups is 1. The molecule has 2 heterocycles. The number of hydrogen-bond donors (Lipinski definition) is 4. The van der Waals surface area contributed by atoms with Crippen LogP contribution in [0.15, 0.2) is 78.9 Å². The largest absolute Gasteiger partial charge is 0.290 e. The molecular formula is C29H33N7O. The summed E-state index contributed by atoms with van der Waals surface area (Å²) in [7, 11) is 0. The molecule has 0 radical (unpaired) electrons. The number of hydrogen-bond acceptors (Lipinski definition) is 7. The fourth-order valence-electron chi connectivity index (χ4n) is 4.61. The number of rotatable bonds is 10. The SMILES string of the molecule is CCCCc1nc(C(=O)Cc2ccccc2)nn1Cc1ccc(-c2ccccc2C2(C)NNNN2)cc1. The molecule has 1 aliphatic rings. The minimum atomic E-state index is -0.452. The van der Waals surface area contributed by atoms with Gasteiger partial charge in [0.05, 0.1) is 6.54 Å². The van der Waals surface area contributed by atoms with Crippen molar-refractivity contribution < 1.29 is 4.79 Å². The second kappa shape index (κ2) is 11.1. The van der Waals surface area contributed by atoms with Gasteiger partial charge in [0.1, 0.15) is 11.5 Å². The molecule has 0 atom stereocenters. The van der Waals surface area contributed by atoms with E-state index in [1.165, 1.54) is 0 Å². The first-order valence-electron chi connectivity index (χ1n) is 12.8. The first-order valence-corrected chi connectivity index (χ1v) is 12.8. The summed E-state index contributed by atoms with van der Waals surface area (Å²) < 4.78 is 1.89. The van der Waals surface area contributed by atoms with E-state index in [1.807, 2.05) is 41.1 Å². The molecule has 4 aromatic rings. The van der Waals surface area contributed by atoms with E-state index in [2.05, 4.69) is 88.3 Å². The summed E-state index contributed by atoms with van der Waals surface area (Å²) in [6.07, 6.45) is 3.17. The molecule has 1 aliphatic heterocycles. The van der Waals surface area contributed by atoms with E-state index in [4.69, 9.17) is 0 Å². The number of unbranched alkanes of at least 4 members (excludes halogenated alkanes) is 1. The quantitative estimate of drug-likeness (QED) is 0.247. The minimum absolute atomic E-state index is 0.0544. The van der Waals surface area contributed by atoms with Crippen molar-refractivity contribution in [3.05, 3.63) is 107 Å². The van der Waals surface area contributed by atoms with Crippen molar-refractivity contribution in [1.29, 1.82) is 0 Å². The number of nitrogens with zero attached hydrogens (tertiary/aromatic N) is 3. The average molecular weight is 496 g/mol. The Morgan fingerprint density at radius 3 is 2.32 bits per heavy atom. The Labute approximate surface area is 217 Å². The van der Waals surface area contributed by atoms with Crippen LogP contribution in [0.25, 0.3) is 11.1 Å². The van der Waals surface area contributed by atoms with Gasteiger partial charge in [0.25, 0.3) is 0 Å². The second-order valence-electron chi connectivity index (χ2n) is 9.57. The van der Waals surface area contributed by atoms with Crippen LogP contribution in [0, 0.1) is 0 Å². The lowest BCUT2D eigenvalue weighted by Crippen LogP contribution is -2.45. The molecule has 0 spiro atoms. The average Bonchev–Trinajstić information content (AvgIpc) is 3.55. The van der Waals surface area contributed by atoms with E-state index in [0.717, 1.165) is 52.9 Å². The van der Waals surface area contributed by atoms with Crippen molar-refractivity contribution in [2.45, 2.75) is 51.7 Å². The Hall–Kier alpha value is -3.69. The molecule has 3 aromatic carbocycles. The summed E-state index contributed by atoms with van der Waals surface area (Å²) in [6, 6.07) is 26.6. The second-order valence-corrected chi connectivity index (χ2v) is 9.57. The van der Waals surface area contributed by atoms with Gasteiger partial charge >= 0.3 is 0 Å². The predicted molar refractivity (Wildman–Crippen MR) is 144 cm³/mol. The predicted octanol–water partition coefficient (Wildman–Crippen LogP) is 4.05. The van der Waals surface area contributed by atoms with Crippen molar-refractivity contribution in [3.63, 3.8) is 0 Å². The lowest BCUT2D eigenvalue weighted by atomic mass is 9.92. The number of benzene rings is 3. The Morgan fingerprint density at radius 1 is 0.892 bits per heavy atom. The molecule has 0 saturated carbocycles. The first-order chi connectivity index (χ1) is 18.1. The van der Waals surface area contributed by atoms with E-state index in [9.17, 15) is 4.79 Å². The number of aryl methyl sites for hydroxylation is 1. The van der Waals surface area contributed by atoms with Crippen LogP contribution in [0.4, 0.5) is 0 Å². The smallest absolute Gasteiger partial charge is 0.217 e. The third-order valence-electron chi connectivity index (χ3n) is 6.71. The molecule has 0 aliphatic carbocycles. The zero-order valence-corrected chi connectivity index (χ0v) is 21.3. The molecule has 4 N–H and O–H groups in total. The van der Waals surface area contributed by atoms with Gasteiger partial charge in [-0.1, -0.05) is 92.2 Å². The maximum absolute atomic E-state index is 12.9. The molecule has 1 saturated heterocycles. The van der Waals surface area contributed by atoms with Crippen LogP contribution in [0.1, 0.15) is 59.8 Å². The van der Waals surface area contributed by atoms with Gasteiger partial charge in [0.15, 0.2) is 0 Å². The third-order valence-corrected chi connectivity index (χ3v) is 6.71. The molecule has 5 rings (SSSR count). The molecule has 8 nitrogen and oxygen atoms in total. The highest BCUT2D eigenvalue weighted by atomic mass is 16.1. The molecule has 1 aromatic heterocycles. The van der Waals surface area contributed by atoms with Gasteiger partial charge in [-0.25, -0.2) is 20.5 Å². The molecule has 190 valence electrons.